The van der Waals surface area contributed by atoms with Gasteiger partial charge < -0.3 is 24.8 Å². The third-order valence-electron chi connectivity index (χ3n) is 5.59. The summed E-state index contributed by atoms with van der Waals surface area (Å²) < 4.78 is 17.0. The van der Waals surface area contributed by atoms with Crippen molar-refractivity contribution < 1.29 is 14.2 Å². The van der Waals surface area contributed by atoms with Gasteiger partial charge in [-0.05, 0) is 56.5 Å². The Morgan fingerprint density at radius 2 is 1.90 bits per heavy atom. The zero-order valence-electron chi connectivity index (χ0n) is 17.8. The highest BCUT2D eigenvalue weighted by Gasteiger charge is 2.16. The normalized spacial score (nSPS) is 14.4. The molecule has 1 aliphatic rings. The summed E-state index contributed by atoms with van der Waals surface area (Å²) in [6, 6.07) is 9.21. The number of nitrogens with zero attached hydrogens (tertiary/aromatic N) is 2. The lowest BCUT2D eigenvalue weighted by Crippen LogP contribution is -2.28. The van der Waals surface area contributed by atoms with Gasteiger partial charge in [0.2, 0.25) is 0 Å². The van der Waals surface area contributed by atoms with Crippen molar-refractivity contribution in [2.24, 2.45) is 5.92 Å². The summed E-state index contributed by atoms with van der Waals surface area (Å²) in [5.41, 5.74) is 1.46. The number of hydrogen-bond acceptors (Lipinski definition) is 7. The lowest BCUT2D eigenvalue weighted by atomic mass is 9.95. The second-order valence-electron chi connectivity index (χ2n) is 7.54. The maximum atomic E-state index is 6.35. The Morgan fingerprint density at radius 3 is 2.68 bits per heavy atom. The van der Waals surface area contributed by atoms with Crippen LogP contribution in [0.15, 0.2) is 36.7 Å². The molecule has 0 unspecified atom stereocenters. The minimum Gasteiger partial charge on any atom is -0.497 e. The molecule has 3 aromatic rings. The van der Waals surface area contributed by atoms with Gasteiger partial charge in [0.25, 0.3) is 0 Å². The number of halogens is 1. The summed E-state index contributed by atoms with van der Waals surface area (Å²) in [5, 5.41) is 8.06. The molecule has 1 fully saturated rings. The van der Waals surface area contributed by atoms with Crippen LogP contribution in [0.5, 0.6) is 17.2 Å². The zero-order valence-corrected chi connectivity index (χ0v) is 18.5. The second kappa shape index (κ2) is 10.0. The van der Waals surface area contributed by atoms with Gasteiger partial charge in [0.1, 0.15) is 17.9 Å². The lowest BCUT2D eigenvalue weighted by molar-refractivity contribution is 0.243. The number of hydrogen-bond donors (Lipinski definition) is 2. The third-order valence-corrected chi connectivity index (χ3v) is 5.92. The van der Waals surface area contributed by atoms with Crippen molar-refractivity contribution in [3.63, 3.8) is 0 Å². The van der Waals surface area contributed by atoms with E-state index in [4.69, 9.17) is 25.8 Å². The molecule has 0 saturated carbocycles. The maximum absolute atomic E-state index is 6.35. The molecule has 0 amide bonds. The minimum atomic E-state index is 0.567. The van der Waals surface area contributed by atoms with E-state index < -0.39 is 0 Å². The molecule has 1 saturated heterocycles. The van der Waals surface area contributed by atoms with Crippen LogP contribution in [0.4, 0.5) is 11.5 Å². The summed E-state index contributed by atoms with van der Waals surface area (Å²) in [6.45, 7) is 2.84. The third kappa shape index (κ3) is 5.11. The fourth-order valence-corrected chi connectivity index (χ4v) is 3.96. The number of aromatic nitrogens is 2. The van der Waals surface area contributed by atoms with Crippen LogP contribution in [0.1, 0.15) is 19.3 Å². The van der Waals surface area contributed by atoms with Gasteiger partial charge in [-0.3, -0.25) is 0 Å². The Kier molecular flexibility index (Phi) is 6.94. The molecule has 4 rings (SSSR count). The van der Waals surface area contributed by atoms with Crippen LogP contribution >= 0.6 is 11.6 Å². The first-order chi connectivity index (χ1) is 15.2. The van der Waals surface area contributed by atoms with E-state index in [1.165, 1.54) is 19.2 Å². The molecule has 0 radical (unpaired) electrons. The molecule has 0 atom stereocenters. The second-order valence-corrected chi connectivity index (χ2v) is 7.95. The molecule has 0 bridgehead atoms. The molecule has 2 aromatic carbocycles. The average Bonchev–Trinajstić information content (AvgIpc) is 2.81. The monoisotopic (exact) mass is 442 g/mol. The first-order valence-corrected chi connectivity index (χ1v) is 10.8. The van der Waals surface area contributed by atoms with Gasteiger partial charge >= 0.3 is 0 Å². The van der Waals surface area contributed by atoms with E-state index in [-0.39, 0.29) is 0 Å². The van der Waals surface area contributed by atoms with Gasteiger partial charge in [-0.25, -0.2) is 9.97 Å². The highest BCUT2D eigenvalue weighted by atomic mass is 35.5. The highest BCUT2D eigenvalue weighted by molar-refractivity contribution is 6.33. The van der Waals surface area contributed by atoms with E-state index in [1.54, 1.807) is 20.3 Å². The Balaban J connectivity index is 1.56. The molecule has 2 N–H and O–H groups in total. The quantitative estimate of drug-likeness (QED) is 0.518. The summed E-state index contributed by atoms with van der Waals surface area (Å²) in [6.07, 6.45) is 4.96. The Hall–Kier alpha value is -2.77. The van der Waals surface area contributed by atoms with Crippen molar-refractivity contribution in [2.75, 3.05) is 39.2 Å². The van der Waals surface area contributed by atoms with Gasteiger partial charge in [-0.2, -0.15) is 0 Å². The van der Waals surface area contributed by atoms with Crippen LogP contribution in [0.25, 0.3) is 10.9 Å². The Morgan fingerprint density at radius 1 is 1.06 bits per heavy atom. The Labute approximate surface area is 187 Å². The van der Waals surface area contributed by atoms with E-state index in [2.05, 4.69) is 20.6 Å². The molecule has 164 valence electrons. The van der Waals surface area contributed by atoms with Gasteiger partial charge in [0, 0.05) is 17.5 Å². The van der Waals surface area contributed by atoms with Crippen LogP contribution < -0.4 is 24.8 Å². The van der Waals surface area contributed by atoms with Gasteiger partial charge in [-0.1, -0.05) is 11.6 Å². The van der Waals surface area contributed by atoms with Crippen LogP contribution in [0.3, 0.4) is 0 Å². The van der Waals surface area contributed by atoms with E-state index in [9.17, 15) is 0 Å². The smallest absolute Gasteiger partial charge is 0.163 e. The number of fused-ring (bicyclic) bond motifs is 1. The fourth-order valence-electron chi connectivity index (χ4n) is 3.80. The number of benzene rings is 2. The summed E-state index contributed by atoms with van der Waals surface area (Å²) >= 11 is 6.35. The van der Waals surface area contributed by atoms with Crippen molar-refractivity contribution in [3.8, 4) is 17.2 Å². The van der Waals surface area contributed by atoms with Gasteiger partial charge in [0.15, 0.2) is 11.5 Å². The molecular weight excluding hydrogens is 416 g/mol. The van der Waals surface area contributed by atoms with E-state index in [0.29, 0.717) is 46.3 Å². The number of methoxy groups -OCH3 is 2. The zero-order chi connectivity index (χ0) is 21.6. The summed E-state index contributed by atoms with van der Waals surface area (Å²) in [4.78, 5) is 8.82. The summed E-state index contributed by atoms with van der Waals surface area (Å²) in [5.74, 6) is 3.37. The predicted molar refractivity (Wildman–Crippen MR) is 123 cm³/mol. The number of anilines is 2. The summed E-state index contributed by atoms with van der Waals surface area (Å²) in [7, 11) is 3.25. The Bertz CT molecular complexity index is 1040. The van der Waals surface area contributed by atoms with Crippen LogP contribution in [0, 0.1) is 5.92 Å². The van der Waals surface area contributed by atoms with Crippen molar-refractivity contribution in [2.45, 2.75) is 19.3 Å². The van der Waals surface area contributed by atoms with Crippen molar-refractivity contribution in [1.82, 2.24) is 15.3 Å². The molecule has 7 nitrogen and oxygen atoms in total. The topological polar surface area (TPSA) is 77.5 Å². The molecule has 1 aliphatic heterocycles. The molecule has 31 heavy (non-hydrogen) atoms. The van der Waals surface area contributed by atoms with E-state index >= 15 is 0 Å². The minimum absolute atomic E-state index is 0.567. The van der Waals surface area contributed by atoms with Crippen LogP contribution in [0.2, 0.25) is 5.02 Å². The van der Waals surface area contributed by atoms with Gasteiger partial charge in [0.05, 0.1) is 37.1 Å². The number of nitrogens with one attached hydrogen (secondary N) is 2. The van der Waals surface area contributed by atoms with Crippen molar-refractivity contribution in [1.29, 1.82) is 0 Å². The molecule has 0 spiro atoms. The van der Waals surface area contributed by atoms with Gasteiger partial charge in [-0.15, -0.1) is 0 Å². The molecule has 2 heterocycles. The lowest BCUT2D eigenvalue weighted by Gasteiger charge is -2.22. The SMILES string of the molecule is COc1ccc(Cl)c(Nc2ncnc3cc(OCCC4CCNCC4)c(OC)cc23)c1. The first-order valence-electron chi connectivity index (χ1n) is 10.4. The number of piperidine rings is 1. The number of rotatable bonds is 8. The van der Waals surface area contributed by atoms with Crippen molar-refractivity contribution >= 4 is 34.0 Å². The number of ether oxygens (including phenoxy) is 3. The largest absolute Gasteiger partial charge is 0.497 e. The average molecular weight is 443 g/mol. The molecule has 1 aromatic heterocycles. The van der Waals surface area contributed by atoms with E-state index in [1.807, 2.05) is 24.3 Å². The predicted octanol–water partition coefficient (Wildman–Crippen LogP) is 4.81. The standard InChI is InChI=1S/C23H27ClN4O3/c1-29-16-3-4-18(24)20(11-16)28-23-17-12-21(30-2)22(13-19(17)26-14-27-23)31-10-7-15-5-8-25-9-6-15/h3-4,11-15,25H,5-10H2,1-2H3,(H,26,27,28). The first kappa shape index (κ1) is 21.5. The molecule has 0 aliphatic carbocycles. The maximum Gasteiger partial charge on any atom is 0.163 e. The van der Waals surface area contributed by atoms with Crippen LogP contribution in [-0.2, 0) is 0 Å². The highest BCUT2D eigenvalue weighted by Crippen LogP contribution is 2.36. The van der Waals surface area contributed by atoms with Crippen molar-refractivity contribution in [3.05, 3.63) is 41.7 Å². The molecular formula is C23H27ClN4O3. The fraction of sp³-hybridized carbons (Fsp3) is 0.391. The van der Waals surface area contributed by atoms with Crippen LogP contribution in [-0.4, -0.2) is 43.9 Å². The van der Waals surface area contributed by atoms with E-state index in [0.717, 1.165) is 30.4 Å². The molecule has 8 heteroatoms.